The molecule has 0 N–H and O–H groups in total. The van der Waals surface area contributed by atoms with E-state index in [1.54, 1.807) is 49.2 Å². The van der Waals surface area contributed by atoms with Crippen molar-refractivity contribution in [2.24, 2.45) is 0 Å². The van der Waals surface area contributed by atoms with Crippen molar-refractivity contribution in [3.63, 3.8) is 0 Å². The quantitative estimate of drug-likeness (QED) is 0.264. The molecule has 0 spiro atoms. The fourth-order valence-corrected chi connectivity index (χ4v) is 5.51. The van der Waals surface area contributed by atoms with Crippen molar-refractivity contribution in [3.05, 3.63) is 101 Å². The number of methoxy groups -OCH3 is 2. The van der Waals surface area contributed by atoms with Crippen LogP contribution in [0.25, 0.3) is 16.7 Å². The van der Waals surface area contributed by atoms with Gasteiger partial charge in [-0.05, 0) is 55.8 Å². The topological polar surface area (TPSA) is 85.6 Å². The standard InChI is InChI=1S/C33H33FN6O3/c1-21-8-10-23(11-9-21)20-28-35-31(29-22(2)37-40(32(29)36-28)25-14-12-24(34)13-15-25)38-16-18-39(19-17-38)33(41)30-26(42-3)6-5-7-27(30)43-4/h5-15H,16-20H2,1-4H3. The minimum absolute atomic E-state index is 0.137. The van der Waals surface area contributed by atoms with Gasteiger partial charge in [0, 0.05) is 32.6 Å². The van der Waals surface area contributed by atoms with Gasteiger partial charge in [0.05, 0.1) is 31.0 Å². The highest BCUT2D eigenvalue weighted by Gasteiger charge is 2.29. The monoisotopic (exact) mass is 580 g/mol. The van der Waals surface area contributed by atoms with E-state index in [1.165, 1.54) is 17.7 Å². The smallest absolute Gasteiger partial charge is 0.261 e. The Morgan fingerprint density at radius 1 is 0.860 bits per heavy atom. The zero-order chi connectivity index (χ0) is 30.1. The van der Waals surface area contributed by atoms with E-state index < -0.39 is 0 Å². The lowest BCUT2D eigenvalue weighted by Gasteiger charge is -2.36. The van der Waals surface area contributed by atoms with Gasteiger partial charge in [-0.2, -0.15) is 5.10 Å². The van der Waals surface area contributed by atoms with Gasteiger partial charge in [-0.15, -0.1) is 0 Å². The van der Waals surface area contributed by atoms with E-state index >= 15 is 0 Å². The van der Waals surface area contributed by atoms with Crippen molar-refractivity contribution in [3.8, 4) is 17.2 Å². The summed E-state index contributed by atoms with van der Waals surface area (Å²) in [4.78, 5) is 27.7. The molecule has 2 aromatic heterocycles. The molecule has 0 atom stereocenters. The Bertz CT molecular complexity index is 1760. The Kier molecular flexibility index (Phi) is 7.67. The van der Waals surface area contributed by atoms with Crippen LogP contribution in [0.1, 0.15) is 33.0 Å². The highest BCUT2D eigenvalue weighted by Crippen LogP contribution is 2.32. The zero-order valence-corrected chi connectivity index (χ0v) is 24.7. The van der Waals surface area contributed by atoms with Gasteiger partial charge in [0.1, 0.15) is 34.5 Å². The van der Waals surface area contributed by atoms with Crippen LogP contribution >= 0.6 is 0 Å². The van der Waals surface area contributed by atoms with Gasteiger partial charge < -0.3 is 19.3 Å². The first-order valence-electron chi connectivity index (χ1n) is 14.2. The second kappa shape index (κ2) is 11.7. The van der Waals surface area contributed by atoms with E-state index in [4.69, 9.17) is 24.5 Å². The minimum Gasteiger partial charge on any atom is -0.496 e. The van der Waals surface area contributed by atoms with Crippen molar-refractivity contribution in [1.29, 1.82) is 0 Å². The van der Waals surface area contributed by atoms with E-state index in [2.05, 4.69) is 36.1 Å². The molecule has 220 valence electrons. The lowest BCUT2D eigenvalue weighted by molar-refractivity contribution is 0.0739. The first kappa shape index (κ1) is 28.1. The number of aromatic nitrogens is 4. The summed E-state index contributed by atoms with van der Waals surface area (Å²) in [5.74, 6) is 1.95. The maximum Gasteiger partial charge on any atom is 0.261 e. The van der Waals surface area contributed by atoms with Crippen LogP contribution in [0, 0.1) is 19.7 Å². The minimum atomic E-state index is -0.314. The number of piperazine rings is 1. The van der Waals surface area contributed by atoms with Crippen molar-refractivity contribution >= 4 is 22.8 Å². The molecule has 10 heteroatoms. The predicted molar refractivity (Wildman–Crippen MR) is 163 cm³/mol. The number of halogens is 1. The van der Waals surface area contributed by atoms with Crippen LogP contribution in [0.15, 0.2) is 66.7 Å². The fourth-order valence-electron chi connectivity index (χ4n) is 5.51. The summed E-state index contributed by atoms with van der Waals surface area (Å²) in [5, 5.41) is 5.63. The Morgan fingerprint density at radius 2 is 1.51 bits per heavy atom. The number of hydrogen-bond acceptors (Lipinski definition) is 7. The average molecular weight is 581 g/mol. The summed E-state index contributed by atoms with van der Waals surface area (Å²) >= 11 is 0. The first-order chi connectivity index (χ1) is 20.9. The summed E-state index contributed by atoms with van der Waals surface area (Å²) in [6, 6.07) is 19.9. The lowest BCUT2D eigenvalue weighted by atomic mass is 10.1. The molecule has 3 heterocycles. The molecule has 0 radical (unpaired) electrons. The molecule has 3 aromatic carbocycles. The van der Waals surface area contributed by atoms with Gasteiger partial charge in [0.2, 0.25) is 0 Å². The summed E-state index contributed by atoms with van der Waals surface area (Å²) in [5.41, 5.74) is 4.85. The first-order valence-corrected chi connectivity index (χ1v) is 14.2. The van der Waals surface area contributed by atoms with Gasteiger partial charge in [-0.25, -0.2) is 19.0 Å². The summed E-state index contributed by atoms with van der Waals surface area (Å²) in [7, 11) is 3.10. The molecular weight excluding hydrogens is 547 g/mol. The Balaban J connectivity index is 1.35. The second-order valence-electron chi connectivity index (χ2n) is 10.6. The highest BCUT2D eigenvalue weighted by molar-refractivity contribution is 6.00. The number of carbonyl (C=O) groups is 1. The zero-order valence-electron chi connectivity index (χ0n) is 24.7. The van der Waals surface area contributed by atoms with Crippen LogP contribution in [-0.2, 0) is 6.42 Å². The maximum atomic E-state index is 13.7. The number of ether oxygens (including phenoxy) is 2. The number of rotatable bonds is 7. The van der Waals surface area contributed by atoms with Gasteiger partial charge in [-0.1, -0.05) is 35.9 Å². The van der Waals surface area contributed by atoms with Crippen molar-refractivity contribution in [1.82, 2.24) is 24.6 Å². The molecule has 1 aliphatic heterocycles. The van der Waals surface area contributed by atoms with E-state index in [0.29, 0.717) is 66.8 Å². The second-order valence-corrected chi connectivity index (χ2v) is 10.6. The number of carbonyl (C=O) groups excluding carboxylic acids is 1. The molecule has 0 aliphatic carbocycles. The van der Waals surface area contributed by atoms with E-state index in [0.717, 1.165) is 22.5 Å². The molecule has 5 aromatic rings. The summed E-state index contributed by atoms with van der Waals surface area (Å²) in [6.07, 6.45) is 0.545. The molecule has 1 amide bonds. The third kappa shape index (κ3) is 5.48. The molecule has 43 heavy (non-hydrogen) atoms. The molecule has 0 unspecified atom stereocenters. The third-order valence-corrected chi connectivity index (χ3v) is 7.79. The van der Waals surface area contributed by atoms with Gasteiger partial charge in [0.25, 0.3) is 5.91 Å². The van der Waals surface area contributed by atoms with Gasteiger partial charge >= 0.3 is 0 Å². The van der Waals surface area contributed by atoms with E-state index in [1.807, 2.05) is 11.8 Å². The maximum absolute atomic E-state index is 13.7. The van der Waals surface area contributed by atoms with Crippen LogP contribution in [0.4, 0.5) is 10.2 Å². The van der Waals surface area contributed by atoms with Crippen molar-refractivity contribution in [2.75, 3.05) is 45.3 Å². The number of nitrogens with zero attached hydrogens (tertiary/aromatic N) is 6. The molecule has 0 bridgehead atoms. The Morgan fingerprint density at radius 3 is 2.14 bits per heavy atom. The molecule has 1 saturated heterocycles. The molecule has 6 rings (SSSR count). The van der Waals surface area contributed by atoms with Crippen LogP contribution in [-0.4, -0.2) is 71.0 Å². The lowest BCUT2D eigenvalue weighted by Crippen LogP contribution is -2.49. The van der Waals surface area contributed by atoms with Crippen LogP contribution < -0.4 is 14.4 Å². The third-order valence-electron chi connectivity index (χ3n) is 7.79. The molecule has 1 aliphatic rings. The van der Waals surface area contributed by atoms with Crippen molar-refractivity contribution in [2.45, 2.75) is 20.3 Å². The number of amides is 1. The number of aryl methyl sites for hydroxylation is 2. The molecule has 9 nitrogen and oxygen atoms in total. The van der Waals surface area contributed by atoms with Crippen LogP contribution in [0.5, 0.6) is 11.5 Å². The van der Waals surface area contributed by atoms with Crippen LogP contribution in [0.2, 0.25) is 0 Å². The number of fused-ring (bicyclic) bond motifs is 1. The fraction of sp³-hybridized carbons (Fsp3) is 0.273. The Hall–Kier alpha value is -4.99. The molecular formula is C33H33FN6O3. The number of benzene rings is 3. The van der Waals surface area contributed by atoms with Gasteiger partial charge in [0.15, 0.2) is 5.65 Å². The molecule has 1 fully saturated rings. The predicted octanol–water partition coefficient (Wildman–Crippen LogP) is 5.14. The van der Waals surface area contributed by atoms with E-state index in [9.17, 15) is 9.18 Å². The SMILES string of the molecule is COc1cccc(OC)c1C(=O)N1CCN(c2nc(Cc3ccc(C)cc3)nc3c2c(C)nn3-c2ccc(F)cc2)CC1. The largest absolute Gasteiger partial charge is 0.496 e. The normalized spacial score (nSPS) is 13.4. The van der Waals surface area contributed by atoms with E-state index in [-0.39, 0.29) is 11.7 Å². The molecule has 0 saturated carbocycles. The summed E-state index contributed by atoms with van der Waals surface area (Å²) < 4.78 is 26.5. The number of anilines is 1. The van der Waals surface area contributed by atoms with Gasteiger partial charge in [-0.3, -0.25) is 4.79 Å². The Labute approximate surface area is 249 Å². The number of hydrogen-bond donors (Lipinski definition) is 0. The van der Waals surface area contributed by atoms with Crippen LogP contribution in [0.3, 0.4) is 0 Å². The summed E-state index contributed by atoms with van der Waals surface area (Å²) in [6.45, 7) is 6.11. The highest BCUT2D eigenvalue weighted by atomic mass is 19.1. The van der Waals surface area contributed by atoms with Crippen molar-refractivity contribution < 1.29 is 18.7 Å². The average Bonchev–Trinajstić information content (AvgIpc) is 3.37.